The predicted octanol–water partition coefficient (Wildman–Crippen LogP) is 4.53. The van der Waals surface area contributed by atoms with Crippen molar-refractivity contribution in [2.45, 2.75) is 50.8 Å². The lowest BCUT2D eigenvalue weighted by Crippen LogP contribution is -2.36. The molecule has 0 saturated heterocycles. The molecule has 1 saturated carbocycles. The van der Waals surface area contributed by atoms with E-state index in [1.807, 2.05) is 0 Å². The maximum absolute atomic E-state index is 3.89. The highest BCUT2D eigenvalue weighted by Crippen LogP contribution is 2.41. The maximum Gasteiger partial charge on any atom is 0.0415 e. The average Bonchev–Trinajstić information content (AvgIpc) is 2.94. The van der Waals surface area contributed by atoms with Crippen LogP contribution in [0.25, 0.3) is 0 Å². The van der Waals surface area contributed by atoms with Crippen LogP contribution in [0, 0.1) is 5.41 Å². The van der Waals surface area contributed by atoms with E-state index in [0.717, 1.165) is 0 Å². The van der Waals surface area contributed by atoms with Gasteiger partial charge in [0.1, 0.15) is 0 Å². The van der Waals surface area contributed by atoms with E-state index in [1.165, 1.54) is 55.7 Å². The molecular weight excluding hydrogens is 250 g/mol. The van der Waals surface area contributed by atoms with Crippen LogP contribution in [0.15, 0.2) is 24.3 Å². The largest absolute Gasteiger partial charge is 0.309 e. The molecule has 0 aromatic heterocycles. The van der Waals surface area contributed by atoms with Crippen LogP contribution >= 0.6 is 11.8 Å². The van der Waals surface area contributed by atoms with Crippen molar-refractivity contribution in [1.29, 1.82) is 0 Å². The summed E-state index contributed by atoms with van der Waals surface area (Å²) in [5, 5.41) is 3.89. The van der Waals surface area contributed by atoms with Crippen LogP contribution in [0.3, 0.4) is 0 Å². The maximum atomic E-state index is 3.89. The van der Waals surface area contributed by atoms with Gasteiger partial charge in [-0.25, -0.2) is 0 Å². The summed E-state index contributed by atoms with van der Waals surface area (Å²) in [7, 11) is 0. The van der Waals surface area contributed by atoms with Crippen molar-refractivity contribution in [3.05, 3.63) is 35.4 Å². The van der Waals surface area contributed by atoms with E-state index in [-0.39, 0.29) is 0 Å². The number of hydrogen-bond donors (Lipinski definition) is 1. The Labute approximate surface area is 121 Å². The number of benzene rings is 1. The summed E-state index contributed by atoms with van der Waals surface area (Å²) in [4.78, 5) is 0. The second-order valence-electron chi connectivity index (χ2n) is 6.21. The molecule has 2 heteroatoms. The van der Waals surface area contributed by atoms with E-state index in [0.29, 0.717) is 11.5 Å². The zero-order chi connectivity index (χ0) is 13.1. The van der Waals surface area contributed by atoms with E-state index in [4.69, 9.17) is 0 Å². The van der Waals surface area contributed by atoms with Crippen molar-refractivity contribution in [2.24, 2.45) is 5.41 Å². The molecule has 3 rings (SSSR count). The smallest absolute Gasteiger partial charge is 0.0415 e. The zero-order valence-corrected chi connectivity index (χ0v) is 12.8. The average molecular weight is 275 g/mol. The quantitative estimate of drug-likeness (QED) is 0.866. The monoisotopic (exact) mass is 275 g/mol. The summed E-state index contributed by atoms with van der Waals surface area (Å²) in [6, 6.07) is 9.54. The van der Waals surface area contributed by atoms with Crippen LogP contribution in [-0.2, 0) is 5.75 Å². The Morgan fingerprint density at radius 1 is 1.26 bits per heavy atom. The fourth-order valence-electron chi connectivity index (χ4n) is 3.67. The summed E-state index contributed by atoms with van der Waals surface area (Å²) in [5.41, 5.74) is 3.68. The molecule has 0 spiro atoms. The molecule has 1 aliphatic carbocycles. The summed E-state index contributed by atoms with van der Waals surface area (Å²) in [6.45, 7) is 3.58. The number of hydrogen-bond acceptors (Lipinski definition) is 2. The lowest BCUT2D eigenvalue weighted by molar-refractivity contribution is 0.259. The van der Waals surface area contributed by atoms with Crippen molar-refractivity contribution in [3.63, 3.8) is 0 Å². The van der Waals surface area contributed by atoms with Crippen LogP contribution in [-0.4, -0.2) is 12.3 Å². The van der Waals surface area contributed by atoms with Gasteiger partial charge in [-0.2, -0.15) is 11.8 Å². The first-order valence-electron chi connectivity index (χ1n) is 7.72. The highest BCUT2D eigenvalue weighted by Gasteiger charge is 2.32. The van der Waals surface area contributed by atoms with E-state index < -0.39 is 0 Å². The van der Waals surface area contributed by atoms with E-state index in [2.05, 4.69) is 48.3 Å². The highest BCUT2D eigenvalue weighted by molar-refractivity contribution is 7.98. The third-order valence-corrected chi connectivity index (χ3v) is 6.19. The minimum Gasteiger partial charge on any atom is -0.309 e. The molecule has 1 atom stereocenters. The van der Waals surface area contributed by atoms with E-state index in [1.54, 1.807) is 5.56 Å². The molecule has 1 aliphatic heterocycles. The first-order chi connectivity index (χ1) is 9.33. The highest BCUT2D eigenvalue weighted by atomic mass is 32.2. The van der Waals surface area contributed by atoms with Crippen molar-refractivity contribution in [2.75, 3.05) is 12.3 Å². The Balaban J connectivity index is 1.68. The van der Waals surface area contributed by atoms with Gasteiger partial charge in [0.05, 0.1) is 0 Å². The Kier molecular flexibility index (Phi) is 4.18. The fourth-order valence-corrected chi connectivity index (χ4v) is 4.80. The standard InChI is InChI=1S/C17H25NS/c1-2-17(9-5-6-10-17)13-18-16-12-19-11-14-7-3-4-8-15(14)16/h3-4,7-8,16,18H,2,5-6,9-13H2,1H3. The van der Waals surface area contributed by atoms with Crippen molar-refractivity contribution in [1.82, 2.24) is 5.32 Å². The van der Waals surface area contributed by atoms with Crippen LogP contribution in [0.4, 0.5) is 0 Å². The van der Waals surface area contributed by atoms with Gasteiger partial charge in [0.15, 0.2) is 0 Å². The summed E-state index contributed by atoms with van der Waals surface area (Å²) in [6.07, 6.45) is 7.06. The second-order valence-corrected chi connectivity index (χ2v) is 7.24. The summed E-state index contributed by atoms with van der Waals surface area (Å²) >= 11 is 2.07. The summed E-state index contributed by atoms with van der Waals surface area (Å²) < 4.78 is 0. The zero-order valence-electron chi connectivity index (χ0n) is 12.0. The van der Waals surface area contributed by atoms with Crippen LogP contribution in [0.5, 0.6) is 0 Å². The molecule has 1 nitrogen and oxygen atoms in total. The molecule has 0 radical (unpaired) electrons. The van der Waals surface area contributed by atoms with Crippen molar-refractivity contribution >= 4 is 11.8 Å². The van der Waals surface area contributed by atoms with E-state index in [9.17, 15) is 0 Å². The number of fused-ring (bicyclic) bond motifs is 1. The Morgan fingerprint density at radius 3 is 2.84 bits per heavy atom. The number of rotatable bonds is 4. The van der Waals surface area contributed by atoms with Gasteiger partial charge < -0.3 is 5.32 Å². The normalized spacial score (nSPS) is 25.2. The first kappa shape index (κ1) is 13.5. The summed E-state index contributed by atoms with van der Waals surface area (Å²) in [5.74, 6) is 2.42. The molecule has 0 bridgehead atoms. The molecule has 2 aliphatic rings. The van der Waals surface area contributed by atoms with Gasteiger partial charge in [-0.05, 0) is 35.8 Å². The van der Waals surface area contributed by atoms with Crippen LogP contribution in [0.1, 0.15) is 56.2 Å². The predicted molar refractivity (Wildman–Crippen MR) is 84.5 cm³/mol. The van der Waals surface area contributed by atoms with Crippen molar-refractivity contribution < 1.29 is 0 Å². The molecule has 1 N–H and O–H groups in total. The third-order valence-electron chi connectivity index (χ3n) is 5.11. The van der Waals surface area contributed by atoms with Crippen LogP contribution < -0.4 is 5.32 Å². The second kappa shape index (κ2) is 5.88. The molecular formula is C17H25NS. The van der Waals surface area contributed by atoms with Gasteiger partial charge in [0.25, 0.3) is 0 Å². The fraction of sp³-hybridized carbons (Fsp3) is 0.647. The lowest BCUT2D eigenvalue weighted by Gasteiger charge is -2.33. The molecule has 1 fully saturated rings. The Bertz CT molecular complexity index is 423. The molecule has 1 heterocycles. The third kappa shape index (κ3) is 2.85. The molecule has 1 unspecified atom stereocenters. The molecule has 0 amide bonds. The first-order valence-corrected chi connectivity index (χ1v) is 8.87. The minimum atomic E-state index is 0.568. The van der Waals surface area contributed by atoms with Crippen LogP contribution in [0.2, 0.25) is 0 Å². The number of nitrogens with one attached hydrogen (secondary N) is 1. The SMILES string of the molecule is CCC1(CNC2CSCc3ccccc32)CCCC1. The number of thioether (sulfide) groups is 1. The van der Waals surface area contributed by atoms with Crippen molar-refractivity contribution in [3.8, 4) is 0 Å². The van der Waals surface area contributed by atoms with Gasteiger partial charge in [0.2, 0.25) is 0 Å². The lowest BCUT2D eigenvalue weighted by atomic mass is 9.83. The van der Waals surface area contributed by atoms with Gasteiger partial charge in [-0.15, -0.1) is 0 Å². The topological polar surface area (TPSA) is 12.0 Å². The molecule has 19 heavy (non-hydrogen) atoms. The van der Waals surface area contributed by atoms with E-state index >= 15 is 0 Å². The van der Waals surface area contributed by atoms with Gasteiger partial charge in [0, 0.05) is 24.1 Å². The molecule has 104 valence electrons. The van der Waals surface area contributed by atoms with Gasteiger partial charge in [-0.1, -0.05) is 44.0 Å². The van der Waals surface area contributed by atoms with Gasteiger partial charge >= 0.3 is 0 Å². The Morgan fingerprint density at radius 2 is 2.05 bits per heavy atom. The molecule has 1 aromatic carbocycles. The molecule has 1 aromatic rings. The Hall–Kier alpha value is -0.470. The minimum absolute atomic E-state index is 0.568. The van der Waals surface area contributed by atoms with Gasteiger partial charge in [-0.3, -0.25) is 0 Å².